The molecule has 0 saturated heterocycles. The Hall–Kier alpha value is -2.01. The van der Waals surface area contributed by atoms with Crippen LogP contribution in [0.2, 0.25) is 0 Å². The minimum Gasteiger partial charge on any atom is -0.411 e. The molecule has 0 bridgehead atoms. The lowest BCUT2D eigenvalue weighted by Crippen LogP contribution is -1.90. The van der Waals surface area contributed by atoms with Crippen LogP contribution < -0.4 is 0 Å². The molecule has 2 heteroatoms. The van der Waals surface area contributed by atoms with E-state index in [1.54, 1.807) is 0 Å². The summed E-state index contributed by atoms with van der Waals surface area (Å²) in [5, 5.41) is 11.6. The van der Waals surface area contributed by atoms with Crippen LogP contribution >= 0.6 is 0 Å². The van der Waals surface area contributed by atoms with E-state index >= 15 is 0 Å². The maximum Gasteiger partial charge on any atom is 0.0746 e. The lowest BCUT2D eigenvalue weighted by molar-refractivity contribution is 0.322. The zero-order chi connectivity index (χ0) is 11.9. The summed E-state index contributed by atoms with van der Waals surface area (Å²) in [6, 6.07) is 7.67. The highest BCUT2D eigenvalue weighted by molar-refractivity contribution is 5.83. The second-order valence-corrected chi connectivity index (χ2v) is 4.06. The lowest BCUT2D eigenvalue weighted by atomic mass is 9.99. The molecule has 0 aromatic heterocycles. The Morgan fingerprint density at radius 1 is 1.18 bits per heavy atom. The van der Waals surface area contributed by atoms with E-state index in [0.717, 1.165) is 24.0 Å². The Balaban J connectivity index is 2.23. The largest absolute Gasteiger partial charge is 0.411 e. The Labute approximate surface area is 102 Å². The number of benzene rings is 1. The van der Waals surface area contributed by atoms with Gasteiger partial charge in [0.15, 0.2) is 0 Å². The zero-order valence-corrected chi connectivity index (χ0v) is 9.69. The van der Waals surface area contributed by atoms with Gasteiger partial charge >= 0.3 is 0 Å². The monoisotopic (exact) mass is 225 g/mol. The van der Waals surface area contributed by atoms with E-state index < -0.39 is 0 Å². The highest BCUT2D eigenvalue weighted by Gasteiger charge is 2.00. The molecule has 0 fully saturated rings. The van der Waals surface area contributed by atoms with Crippen molar-refractivity contribution in [3.8, 4) is 11.8 Å². The van der Waals surface area contributed by atoms with E-state index in [0.29, 0.717) is 0 Å². The van der Waals surface area contributed by atoms with Gasteiger partial charge in [0.2, 0.25) is 0 Å². The lowest BCUT2D eigenvalue weighted by Gasteiger charge is -2.05. The van der Waals surface area contributed by atoms with Crippen molar-refractivity contribution in [1.29, 1.82) is 0 Å². The van der Waals surface area contributed by atoms with Crippen molar-refractivity contribution in [3.63, 3.8) is 0 Å². The Morgan fingerprint density at radius 3 is 2.82 bits per heavy atom. The summed E-state index contributed by atoms with van der Waals surface area (Å²) in [7, 11) is 0. The molecule has 0 unspecified atom stereocenters. The van der Waals surface area contributed by atoms with Gasteiger partial charge in [-0.3, -0.25) is 0 Å². The van der Waals surface area contributed by atoms with Crippen LogP contribution in [-0.2, 0) is 0 Å². The topological polar surface area (TPSA) is 32.6 Å². The van der Waals surface area contributed by atoms with Crippen LogP contribution in [0.3, 0.4) is 0 Å². The van der Waals surface area contributed by atoms with Gasteiger partial charge in [-0.05, 0) is 37.3 Å². The van der Waals surface area contributed by atoms with Gasteiger partial charge in [-0.2, -0.15) is 0 Å². The van der Waals surface area contributed by atoms with E-state index in [2.05, 4.69) is 23.1 Å². The molecule has 0 amide bonds. The molecule has 0 saturated carbocycles. The van der Waals surface area contributed by atoms with Gasteiger partial charge in [-0.25, -0.2) is 0 Å². The summed E-state index contributed by atoms with van der Waals surface area (Å²) in [6.45, 7) is 0. The van der Waals surface area contributed by atoms with Gasteiger partial charge in [0.1, 0.15) is 0 Å². The first-order chi connectivity index (χ1) is 8.40. The third-order valence-corrected chi connectivity index (χ3v) is 2.81. The summed E-state index contributed by atoms with van der Waals surface area (Å²) in [6.07, 6.45) is 8.38. The summed E-state index contributed by atoms with van der Waals surface area (Å²) < 4.78 is 0. The van der Waals surface area contributed by atoms with Crippen LogP contribution in [0.15, 0.2) is 41.1 Å². The molecule has 0 radical (unpaired) electrons. The van der Waals surface area contributed by atoms with Crippen LogP contribution in [0.5, 0.6) is 0 Å². The third-order valence-electron chi connectivity index (χ3n) is 2.81. The average Bonchev–Trinajstić information content (AvgIpc) is 2.39. The van der Waals surface area contributed by atoms with Crippen molar-refractivity contribution in [1.82, 2.24) is 0 Å². The Bertz CT molecular complexity index is 503. The quantitative estimate of drug-likeness (QED) is 0.338. The summed E-state index contributed by atoms with van der Waals surface area (Å²) in [5.74, 6) is 6.35. The minimum atomic E-state index is 0.846. The van der Waals surface area contributed by atoms with Gasteiger partial charge in [0.05, 0.1) is 6.21 Å². The number of oxime groups is 1. The van der Waals surface area contributed by atoms with E-state index in [9.17, 15) is 0 Å². The van der Waals surface area contributed by atoms with Crippen molar-refractivity contribution < 1.29 is 5.21 Å². The molecule has 1 aliphatic carbocycles. The first-order valence-electron chi connectivity index (χ1n) is 5.87. The molecule has 0 aliphatic heterocycles. The van der Waals surface area contributed by atoms with E-state index in [1.165, 1.54) is 24.6 Å². The molecule has 0 atom stereocenters. The van der Waals surface area contributed by atoms with E-state index in [1.807, 2.05) is 24.3 Å². The number of allylic oxidation sites excluding steroid dienone is 2. The maximum atomic E-state index is 8.57. The summed E-state index contributed by atoms with van der Waals surface area (Å²) >= 11 is 0. The van der Waals surface area contributed by atoms with Gasteiger partial charge in [0.25, 0.3) is 0 Å². The fourth-order valence-corrected chi connectivity index (χ4v) is 1.88. The first-order valence-corrected chi connectivity index (χ1v) is 5.87. The molecule has 1 aliphatic rings. The van der Waals surface area contributed by atoms with Crippen molar-refractivity contribution in [3.05, 3.63) is 47.0 Å². The molecular formula is C15H15NO. The highest BCUT2D eigenvalue weighted by Crippen LogP contribution is 2.16. The smallest absolute Gasteiger partial charge is 0.0746 e. The molecule has 1 N–H and O–H groups in total. The van der Waals surface area contributed by atoms with Gasteiger partial charge < -0.3 is 5.21 Å². The second kappa shape index (κ2) is 5.91. The fraction of sp³-hybridized carbons (Fsp3) is 0.267. The van der Waals surface area contributed by atoms with Crippen LogP contribution in [0.4, 0.5) is 0 Å². The Morgan fingerprint density at radius 2 is 2.06 bits per heavy atom. The van der Waals surface area contributed by atoms with Crippen LogP contribution in [0, 0.1) is 11.8 Å². The maximum absolute atomic E-state index is 8.57. The van der Waals surface area contributed by atoms with Gasteiger partial charge in [0, 0.05) is 11.1 Å². The number of hydrogen-bond donors (Lipinski definition) is 1. The Kier molecular flexibility index (Phi) is 3.99. The molecule has 1 aromatic rings. The van der Waals surface area contributed by atoms with Gasteiger partial charge in [-0.1, -0.05) is 41.3 Å². The predicted octanol–water partition coefficient (Wildman–Crippen LogP) is 3.35. The van der Waals surface area contributed by atoms with Crippen LogP contribution in [0.25, 0.3) is 0 Å². The van der Waals surface area contributed by atoms with Crippen molar-refractivity contribution in [2.24, 2.45) is 5.16 Å². The minimum absolute atomic E-state index is 0.846. The zero-order valence-electron chi connectivity index (χ0n) is 9.69. The van der Waals surface area contributed by atoms with Crippen LogP contribution in [-0.4, -0.2) is 11.4 Å². The molecule has 0 spiro atoms. The molecular weight excluding hydrogens is 210 g/mol. The predicted molar refractivity (Wildman–Crippen MR) is 69.3 cm³/mol. The molecule has 2 nitrogen and oxygen atoms in total. The SMILES string of the molecule is O/N=C/c1ccccc1C#CC1=CCCCC1. The van der Waals surface area contributed by atoms with Crippen molar-refractivity contribution in [2.45, 2.75) is 25.7 Å². The number of rotatable bonds is 1. The fourth-order valence-electron chi connectivity index (χ4n) is 1.88. The summed E-state index contributed by atoms with van der Waals surface area (Å²) in [4.78, 5) is 0. The van der Waals surface area contributed by atoms with Crippen LogP contribution in [0.1, 0.15) is 36.8 Å². The average molecular weight is 225 g/mol. The molecule has 1 aromatic carbocycles. The highest BCUT2D eigenvalue weighted by atomic mass is 16.4. The number of hydrogen-bond acceptors (Lipinski definition) is 2. The molecule has 2 rings (SSSR count). The van der Waals surface area contributed by atoms with E-state index in [-0.39, 0.29) is 0 Å². The van der Waals surface area contributed by atoms with Gasteiger partial charge in [-0.15, -0.1) is 0 Å². The normalized spacial score (nSPS) is 15.2. The molecule has 86 valence electrons. The second-order valence-electron chi connectivity index (χ2n) is 4.06. The van der Waals surface area contributed by atoms with E-state index in [4.69, 9.17) is 5.21 Å². The van der Waals surface area contributed by atoms with Crippen molar-refractivity contribution in [2.75, 3.05) is 0 Å². The standard InChI is InChI=1S/C15H15NO/c17-16-12-15-9-5-4-8-14(15)11-10-13-6-2-1-3-7-13/h4-6,8-9,12,17H,1-3,7H2/b16-12+. The molecule has 17 heavy (non-hydrogen) atoms. The third kappa shape index (κ3) is 3.22. The van der Waals surface area contributed by atoms with Crippen molar-refractivity contribution >= 4 is 6.21 Å². The number of nitrogens with zero attached hydrogens (tertiary/aromatic N) is 1. The molecule has 0 heterocycles. The summed E-state index contributed by atoms with van der Waals surface area (Å²) in [5.41, 5.74) is 2.97. The first kappa shape index (κ1) is 11.5.